The molecule has 1 aromatic carbocycles. The van der Waals surface area contributed by atoms with Crippen LogP contribution in [0.4, 0.5) is 4.39 Å². The third-order valence-corrected chi connectivity index (χ3v) is 4.87. The number of morpholine rings is 1. The van der Waals surface area contributed by atoms with Crippen LogP contribution in [0.1, 0.15) is 27.2 Å². The average molecular weight is 552 g/mol. The predicted octanol–water partition coefficient (Wildman–Crippen LogP) is 2.49. The van der Waals surface area contributed by atoms with E-state index in [1.165, 1.54) is 12.1 Å². The van der Waals surface area contributed by atoms with Gasteiger partial charge in [-0.25, -0.2) is 4.39 Å². The molecule has 178 valence electrons. The average Bonchev–Trinajstić information content (AvgIpc) is 2.74. The van der Waals surface area contributed by atoms with E-state index in [0.717, 1.165) is 39.3 Å². The molecule has 7 nitrogen and oxygen atoms in total. The van der Waals surface area contributed by atoms with Crippen LogP contribution in [0.25, 0.3) is 0 Å². The molecule has 3 N–H and O–H groups in total. The summed E-state index contributed by atoms with van der Waals surface area (Å²) in [6, 6.07) is 6.12. The van der Waals surface area contributed by atoms with Crippen molar-refractivity contribution in [1.29, 1.82) is 0 Å². The van der Waals surface area contributed by atoms with Gasteiger partial charge in [-0.3, -0.25) is 9.89 Å². The number of rotatable bonds is 11. The summed E-state index contributed by atoms with van der Waals surface area (Å²) in [5, 5.41) is 16.6. The van der Waals surface area contributed by atoms with Crippen LogP contribution in [-0.2, 0) is 4.74 Å². The van der Waals surface area contributed by atoms with E-state index in [2.05, 4.69) is 29.4 Å². The molecule has 1 heterocycles. The van der Waals surface area contributed by atoms with Crippen LogP contribution in [0.5, 0.6) is 5.75 Å². The minimum Gasteiger partial charge on any atom is -0.491 e. The summed E-state index contributed by atoms with van der Waals surface area (Å²) in [5.41, 5.74) is 0. The fourth-order valence-corrected chi connectivity index (χ4v) is 3.36. The standard InChI is InChI=1S/C22H37FN4O3.HI/c1-4-24-22(25-14-19(13-17(2)3)27-9-11-29-12-10-27)26-15-20(28)16-30-21-7-5-18(23)6-8-21;/h5-8,17,19-20,28H,4,9-16H2,1-3H3,(H2,24,25,26);1H. The number of halogens is 2. The summed E-state index contributed by atoms with van der Waals surface area (Å²) >= 11 is 0. The first-order valence-corrected chi connectivity index (χ1v) is 10.9. The highest BCUT2D eigenvalue weighted by Gasteiger charge is 2.22. The van der Waals surface area contributed by atoms with E-state index in [0.29, 0.717) is 36.8 Å². The van der Waals surface area contributed by atoms with Crippen molar-refractivity contribution >= 4 is 29.9 Å². The van der Waals surface area contributed by atoms with Gasteiger partial charge in [-0.15, -0.1) is 24.0 Å². The number of hydrogen-bond donors (Lipinski definition) is 3. The number of aliphatic imine (C=N–C) groups is 1. The number of aliphatic hydroxyl groups is 1. The summed E-state index contributed by atoms with van der Waals surface area (Å²) in [6.07, 6.45) is 0.362. The first-order valence-electron chi connectivity index (χ1n) is 10.9. The van der Waals surface area contributed by atoms with Crippen LogP contribution < -0.4 is 15.4 Å². The van der Waals surface area contributed by atoms with Crippen LogP contribution in [-0.4, -0.2) is 80.7 Å². The Morgan fingerprint density at radius 3 is 2.52 bits per heavy atom. The maximum absolute atomic E-state index is 12.9. The zero-order valence-electron chi connectivity index (χ0n) is 18.8. The lowest BCUT2D eigenvalue weighted by atomic mass is 10.0. The van der Waals surface area contributed by atoms with Crippen LogP contribution in [0.15, 0.2) is 29.3 Å². The molecule has 1 aliphatic rings. The highest BCUT2D eigenvalue weighted by Crippen LogP contribution is 2.14. The van der Waals surface area contributed by atoms with Crippen molar-refractivity contribution in [3.8, 4) is 5.75 Å². The molecule has 0 saturated carbocycles. The Labute approximate surface area is 202 Å². The fourth-order valence-electron chi connectivity index (χ4n) is 3.36. The SMILES string of the molecule is CCNC(=NCC(CC(C)C)N1CCOCC1)NCC(O)COc1ccc(F)cc1.I. The van der Waals surface area contributed by atoms with Crippen molar-refractivity contribution in [3.63, 3.8) is 0 Å². The number of benzene rings is 1. The van der Waals surface area contributed by atoms with Gasteiger partial charge in [0, 0.05) is 32.2 Å². The normalized spacial score (nSPS) is 17.0. The fraction of sp³-hybridized carbons (Fsp3) is 0.682. The third-order valence-electron chi connectivity index (χ3n) is 4.87. The first kappa shape index (κ1) is 27.9. The van der Waals surface area contributed by atoms with E-state index in [-0.39, 0.29) is 36.4 Å². The lowest BCUT2D eigenvalue weighted by molar-refractivity contribution is 0.0143. The summed E-state index contributed by atoms with van der Waals surface area (Å²) in [4.78, 5) is 7.22. The molecule has 0 radical (unpaired) electrons. The van der Waals surface area contributed by atoms with E-state index in [1.54, 1.807) is 12.1 Å². The molecule has 0 amide bonds. The third kappa shape index (κ3) is 11.3. The minimum atomic E-state index is -0.718. The molecule has 0 bridgehead atoms. The molecule has 2 rings (SSSR count). The Balaban J connectivity index is 0.00000480. The van der Waals surface area contributed by atoms with E-state index in [4.69, 9.17) is 14.5 Å². The number of hydrogen-bond acceptors (Lipinski definition) is 5. The van der Waals surface area contributed by atoms with Gasteiger partial charge in [0.2, 0.25) is 0 Å². The van der Waals surface area contributed by atoms with Gasteiger partial charge in [-0.05, 0) is 43.5 Å². The monoisotopic (exact) mass is 552 g/mol. The molecular formula is C22H38FIN4O3. The number of guanidine groups is 1. The van der Waals surface area contributed by atoms with Crippen LogP contribution in [0, 0.1) is 11.7 Å². The van der Waals surface area contributed by atoms with Crippen molar-refractivity contribution in [1.82, 2.24) is 15.5 Å². The molecule has 1 fully saturated rings. The first-order chi connectivity index (χ1) is 14.5. The second-order valence-corrected chi connectivity index (χ2v) is 7.95. The lowest BCUT2D eigenvalue weighted by Gasteiger charge is -2.34. The topological polar surface area (TPSA) is 78.4 Å². The van der Waals surface area contributed by atoms with Gasteiger partial charge in [0.1, 0.15) is 24.3 Å². The second-order valence-electron chi connectivity index (χ2n) is 7.95. The van der Waals surface area contributed by atoms with Gasteiger partial charge in [-0.2, -0.15) is 0 Å². The Hall–Kier alpha value is -1.17. The van der Waals surface area contributed by atoms with Gasteiger partial charge in [0.05, 0.1) is 19.8 Å². The molecule has 1 aliphatic heterocycles. The number of ether oxygens (including phenoxy) is 2. The Kier molecular flexibility index (Phi) is 14.0. The van der Waals surface area contributed by atoms with E-state index in [1.807, 2.05) is 6.92 Å². The zero-order chi connectivity index (χ0) is 21.8. The van der Waals surface area contributed by atoms with Crippen LogP contribution >= 0.6 is 24.0 Å². The highest BCUT2D eigenvalue weighted by molar-refractivity contribution is 14.0. The second kappa shape index (κ2) is 15.6. The molecule has 9 heteroatoms. The highest BCUT2D eigenvalue weighted by atomic mass is 127. The maximum Gasteiger partial charge on any atom is 0.191 e. The number of nitrogens with one attached hydrogen (secondary N) is 2. The van der Waals surface area contributed by atoms with E-state index >= 15 is 0 Å². The van der Waals surface area contributed by atoms with Crippen molar-refractivity contribution in [2.24, 2.45) is 10.9 Å². The molecule has 0 aliphatic carbocycles. The van der Waals surface area contributed by atoms with Crippen molar-refractivity contribution < 1.29 is 19.0 Å². The summed E-state index contributed by atoms with van der Waals surface area (Å²) in [6.45, 7) is 11.8. The molecule has 31 heavy (non-hydrogen) atoms. The number of nitrogens with zero attached hydrogens (tertiary/aromatic N) is 2. The predicted molar refractivity (Wildman–Crippen MR) is 133 cm³/mol. The quantitative estimate of drug-likeness (QED) is 0.223. The smallest absolute Gasteiger partial charge is 0.191 e. The van der Waals surface area contributed by atoms with Crippen molar-refractivity contribution in [3.05, 3.63) is 30.1 Å². The van der Waals surface area contributed by atoms with Gasteiger partial charge in [-0.1, -0.05) is 13.8 Å². The summed E-state index contributed by atoms with van der Waals surface area (Å²) in [7, 11) is 0. The molecular weight excluding hydrogens is 514 g/mol. The summed E-state index contributed by atoms with van der Waals surface area (Å²) < 4.78 is 23.9. The molecule has 1 aromatic rings. The van der Waals surface area contributed by atoms with Gasteiger partial charge in [0.25, 0.3) is 0 Å². The zero-order valence-corrected chi connectivity index (χ0v) is 21.2. The molecule has 1 saturated heterocycles. The number of aliphatic hydroxyl groups excluding tert-OH is 1. The van der Waals surface area contributed by atoms with Gasteiger partial charge >= 0.3 is 0 Å². The van der Waals surface area contributed by atoms with E-state index < -0.39 is 6.10 Å². The molecule has 2 unspecified atom stereocenters. The van der Waals surface area contributed by atoms with E-state index in [9.17, 15) is 9.50 Å². The largest absolute Gasteiger partial charge is 0.491 e. The van der Waals surface area contributed by atoms with Crippen molar-refractivity contribution in [2.75, 3.05) is 52.5 Å². The van der Waals surface area contributed by atoms with Gasteiger partial charge < -0.3 is 25.2 Å². The van der Waals surface area contributed by atoms with Crippen LogP contribution in [0.2, 0.25) is 0 Å². The molecule has 0 spiro atoms. The maximum atomic E-state index is 12.9. The lowest BCUT2D eigenvalue weighted by Crippen LogP contribution is -2.47. The summed E-state index contributed by atoms with van der Waals surface area (Å²) in [5.74, 6) is 1.48. The van der Waals surface area contributed by atoms with Crippen molar-refractivity contribution in [2.45, 2.75) is 39.3 Å². The minimum absolute atomic E-state index is 0. The molecule has 2 atom stereocenters. The Bertz CT molecular complexity index is 628. The Morgan fingerprint density at radius 2 is 1.90 bits per heavy atom. The van der Waals surface area contributed by atoms with Gasteiger partial charge in [0.15, 0.2) is 5.96 Å². The molecule has 0 aromatic heterocycles. The van der Waals surface area contributed by atoms with Crippen LogP contribution in [0.3, 0.4) is 0 Å². The Morgan fingerprint density at radius 1 is 1.23 bits per heavy atom.